The van der Waals surface area contributed by atoms with Gasteiger partial charge in [0.1, 0.15) is 11.9 Å². The van der Waals surface area contributed by atoms with E-state index in [1.807, 2.05) is 37.4 Å². The van der Waals surface area contributed by atoms with Crippen LogP contribution in [0.5, 0.6) is 5.75 Å². The maximum Gasteiger partial charge on any atom is 0.414 e. The number of fused-ring (bicyclic) bond motifs is 2. The van der Waals surface area contributed by atoms with Crippen LogP contribution in [0, 0.1) is 11.8 Å². The van der Waals surface area contributed by atoms with E-state index in [0.29, 0.717) is 11.8 Å². The molecule has 1 amide bonds. The fraction of sp³-hybridized carbons (Fsp3) is 0.367. The standard InChI is InChI=1S/C30H34N2O3/c1-31(28-11-7-6-10-24(28)18-22-12-16-27(34-2)17-13-22)30(33)35-29-25-14-15-26(29)21-32(20-25)19-23-8-4-3-5-9-23/h3-13,16-17,25-26,29H,14-15,18-21H2,1-2H3. The molecule has 3 aromatic carbocycles. The molecular weight excluding hydrogens is 436 g/mol. The van der Waals surface area contributed by atoms with Gasteiger partial charge in [-0.1, -0.05) is 60.7 Å². The predicted octanol–water partition coefficient (Wildman–Crippen LogP) is 5.77. The normalized spacial score (nSPS) is 21.5. The van der Waals surface area contributed by atoms with Crippen molar-refractivity contribution in [3.05, 3.63) is 95.6 Å². The largest absolute Gasteiger partial charge is 0.497 e. The number of hydrogen-bond donors (Lipinski definition) is 0. The molecule has 2 atom stereocenters. The molecule has 5 rings (SSSR count). The maximum absolute atomic E-state index is 13.3. The van der Waals surface area contributed by atoms with Crippen molar-refractivity contribution >= 4 is 11.8 Å². The molecular formula is C30H34N2O3. The van der Waals surface area contributed by atoms with Gasteiger partial charge in [0.15, 0.2) is 0 Å². The monoisotopic (exact) mass is 470 g/mol. The number of piperidine rings is 1. The first-order valence-corrected chi connectivity index (χ1v) is 12.5. The number of nitrogens with zero attached hydrogens (tertiary/aromatic N) is 2. The molecule has 5 nitrogen and oxygen atoms in total. The SMILES string of the molecule is COc1ccc(Cc2ccccc2N(C)C(=O)OC2C3CCC2CN(Cc2ccccc2)C3)cc1. The highest BCUT2D eigenvalue weighted by molar-refractivity contribution is 5.88. The van der Waals surface area contributed by atoms with E-state index in [1.165, 1.54) is 11.1 Å². The molecule has 2 aliphatic rings. The van der Waals surface area contributed by atoms with Crippen LogP contribution >= 0.6 is 0 Å². The average Bonchev–Trinajstić information content (AvgIpc) is 3.12. The highest BCUT2D eigenvalue weighted by Crippen LogP contribution is 2.40. The number of ether oxygens (including phenoxy) is 2. The molecule has 35 heavy (non-hydrogen) atoms. The van der Waals surface area contributed by atoms with Crippen molar-refractivity contribution in [1.29, 1.82) is 0 Å². The van der Waals surface area contributed by atoms with Crippen molar-refractivity contribution in [3.8, 4) is 5.75 Å². The minimum atomic E-state index is -0.259. The van der Waals surface area contributed by atoms with Crippen LogP contribution in [0.15, 0.2) is 78.9 Å². The van der Waals surface area contributed by atoms with Crippen LogP contribution in [0.3, 0.4) is 0 Å². The first-order valence-electron chi connectivity index (χ1n) is 12.5. The van der Waals surface area contributed by atoms with Gasteiger partial charge in [-0.15, -0.1) is 0 Å². The summed E-state index contributed by atoms with van der Waals surface area (Å²) in [5, 5.41) is 0. The Bertz CT molecular complexity index is 1120. The number of carbonyl (C=O) groups excluding carboxylic acids is 1. The van der Waals surface area contributed by atoms with E-state index in [4.69, 9.17) is 9.47 Å². The van der Waals surface area contributed by atoms with Crippen LogP contribution in [-0.2, 0) is 17.7 Å². The maximum atomic E-state index is 13.3. The molecule has 1 aliphatic heterocycles. The lowest BCUT2D eigenvalue weighted by Crippen LogP contribution is -2.47. The molecule has 2 bridgehead atoms. The molecule has 2 fully saturated rings. The van der Waals surface area contributed by atoms with Gasteiger partial charge in [0, 0.05) is 38.5 Å². The molecule has 0 radical (unpaired) electrons. The number of amides is 1. The van der Waals surface area contributed by atoms with E-state index in [-0.39, 0.29) is 12.2 Å². The zero-order chi connectivity index (χ0) is 24.2. The molecule has 182 valence electrons. The third-order valence-corrected chi connectivity index (χ3v) is 7.49. The van der Waals surface area contributed by atoms with E-state index in [2.05, 4.69) is 53.4 Å². The van der Waals surface area contributed by atoms with Gasteiger partial charge in [-0.25, -0.2) is 4.79 Å². The smallest absolute Gasteiger partial charge is 0.414 e. The summed E-state index contributed by atoms with van der Waals surface area (Å²) >= 11 is 0. The van der Waals surface area contributed by atoms with Gasteiger partial charge >= 0.3 is 6.09 Å². The second kappa shape index (κ2) is 10.5. The molecule has 0 spiro atoms. The summed E-state index contributed by atoms with van der Waals surface area (Å²) in [5.41, 5.74) is 4.50. The number of carbonyl (C=O) groups is 1. The molecule has 2 unspecified atom stereocenters. The summed E-state index contributed by atoms with van der Waals surface area (Å²) < 4.78 is 11.4. The van der Waals surface area contributed by atoms with Crippen LogP contribution < -0.4 is 9.64 Å². The molecule has 0 aromatic heterocycles. The number of methoxy groups -OCH3 is 1. The Morgan fingerprint density at radius 1 is 0.886 bits per heavy atom. The van der Waals surface area contributed by atoms with Gasteiger partial charge in [0.05, 0.1) is 12.8 Å². The number of benzene rings is 3. The van der Waals surface area contributed by atoms with Crippen molar-refractivity contribution in [1.82, 2.24) is 4.90 Å². The van der Waals surface area contributed by atoms with Gasteiger partial charge in [-0.2, -0.15) is 0 Å². The van der Waals surface area contributed by atoms with E-state index < -0.39 is 0 Å². The summed E-state index contributed by atoms with van der Waals surface area (Å²) in [4.78, 5) is 17.5. The minimum absolute atomic E-state index is 0.00530. The molecule has 5 heteroatoms. The van der Waals surface area contributed by atoms with Crippen LogP contribution in [0.2, 0.25) is 0 Å². The Kier molecular flexibility index (Phi) is 7.05. The Labute approximate surface area is 208 Å². The van der Waals surface area contributed by atoms with Gasteiger partial charge < -0.3 is 9.47 Å². The van der Waals surface area contributed by atoms with Crippen LogP contribution in [0.4, 0.5) is 10.5 Å². The van der Waals surface area contributed by atoms with Gasteiger partial charge in [-0.3, -0.25) is 9.80 Å². The van der Waals surface area contributed by atoms with Gasteiger partial charge in [0.2, 0.25) is 0 Å². The third-order valence-electron chi connectivity index (χ3n) is 7.49. The summed E-state index contributed by atoms with van der Waals surface area (Å²) in [6.07, 6.45) is 2.74. The highest BCUT2D eigenvalue weighted by atomic mass is 16.6. The lowest BCUT2D eigenvalue weighted by molar-refractivity contribution is 0.000480. The van der Waals surface area contributed by atoms with Crippen molar-refractivity contribution in [3.63, 3.8) is 0 Å². The molecule has 1 aliphatic carbocycles. The summed E-state index contributed by atoms with van der Waals surface area (Å²) in [6.45, 7) is 2.94. The van der Waals surface area contributed by atoms with Gasteiger partial charge in [-0.05, 0) is 54.2 Å². The van der Waals surface area contributed by atoms with E-state index in [9.17, 15) is 4.79 Å². The summed E-state index contributed by atoms with van der Waals surface area (Å²) in [5.74, 6) is 1.65. The number of rotatable bonds is 7. The zero-order valence-electron chi connectivity index (χ0n) is 20.6. The highest BCUT2D eigenvalue weighted by Gasteiger charge is 2.44. The van der Waals surface area contributed by atoms with E-state index >= 15 is 0 Å². The topological polar surface area (TPSA) is 42.0 Å². The molecule has 3 aromatic rings. The first kappa shape index (κ1) is 23.4. The van der Waals surface area contributed by atoms with Crippen molar-refractivity contribution in [2.75, 3.05) is 32.1 Å². The van der Waals surface area contributed by atoms with Crippen molar-refractivity contribution in [2.45, 2.75) is 31.9 Å². The average molecular weight is 471 g/mol. The number of hydrogen-bond acceptors (Lipinski definition) is 4. The van der Waals surface area contributed by atoms with Crippen LogP contribution in [-0.4, -0.2) is 44.3 Å². The number of para-hydroxylation sites is 1. The lowest BCUT2D eigenvalue weighted by Gasteiger charge is -2.38. The first-order chi connectivity index (χ1) is 17.1. The number of likely N-dealkylation sites (tertiary alicyclic amines) is 1. The summed E-state index contributed by atoms with van der Waals surface area (Å²) in [6, 6.07) is 26.8. The fourth-order valence-corrected chi connectivity index (χ4v) is 5.68. The van der Waals surface area contributed by atoms with E-state index in [1.54, 1.807) is 12.0 Å². The zero-order valence-corrected chi connectivity index (χ0v) is 20.6. The third kappa shape index (κ3) is 5.35. The summed E-state index contributed by atoms with van der Waals surface area (Å²) in [7, 11) is 3.49. The quantitative estimate of drug-likeness (QED) is 0.440. The van der Waals surface area contributed by atoms with E-state index in [0.717, 1.165) is 55.9 Å². The fourth-order valence-electron chi connectivity index (χ4n) is 5.68. The van der Waals surface area contributed by atoms with Crippen molar-refractivity contribution < 1.29 is 14.3 Å². The molecule has 0 N–H and O–H groups in total. The minimum Gasteiger partial charge on any atom is -0.497 e. The second-order valence-corrected chi connectivity index (χ2v) is 9.84. The predicted molar refractivity (Wildman–Crippen MR) is 139 cm³/mol. The molecule has 1 saturated carbocycles. The Balaban J connectivity index is 1.23. The molecule has 1 heterocycles. The Morgan fingerprint density at radius 2 is 1.54 bits per heavy atom. The van der Waals surface area contributed by atoms with Gasteiger partial charge in [0.25, 0.3) is 0 Å². The Morgan fingerprint density at radius 3 is 2.23 bits per heavy atom. The van der Waals surface area contributed by atoms with Crippen LogP contribution in [0.25, 0.3) is 0 Å². The Hall–Kier alpha value is -3.31. The van der Waals surface area contributed by atoms with Crippen molar-refractivity contribution in [2.24, 2.45) is 11.8 Å². The molecule has 1 saturated heterocycles. The van der Waals surface area contributed by atoms with Crippen LogP contribution in [0.1, 0.15) is 29.5 Å². The lowest BCUT2D eigenvalue weighted by atomic mass is 9.94. The second-order valence-electron chi connectivity index (χ2n) is 9.84. The number of anilines is 1.